The number of benzene rings is 1. The Morgan fingerprint density at radius 3 is 2.81 bits per heavy atom. The molecule has 1 aliphatic rings. The van der Waals surface area contributed by atoms with E-state index in [1.54, 1.807) is 7.11 Å². The summed E-state index contributed by atoms with van der Waals surface area (Å²) in [6.45, 7) is 7.78. The topological polar surface area (TPSA) is 72.9 Å². The molecule has 0 aliphatic carbocycles. The van der Waals surface area contributed by atoms with E-state index in [4.69, 9.17) is 19.2 Å². The highest BCUT2D eigenvalue weighted by Gasteiger charge is 2.30. The summed E-state index contributed by atoms with van der Waals surface area (Å²) in [6.07, 6.45) is 2.14. The molecule has 1 amide bonds. The predicted molar refractivity (Wildman–Crippen MR) is 121 cm³/mol. The molecule has 1 N–H and O–H groups in total. The van der Waals surface area contributed by atoms with E-state index in [1.165, 1.54) is 0 Å². The van der Waals surface area contributed by atoms with Gasteiger partial charge in [-0.2, -0.15) is 0 Å². The molecule has 1 aromatic heterocycles. The fraction of sp³-hybridized carbons (Fsp3) is 0.583. The second kappa shape index (κ2) is 12.0. The number of pyridine rings is 1. The highest BCUT2D eigenvalue weighted by atomic mass is 16.5. The van der Waals surface area contributed by atoms with Gasteiger partial charge in [-0.25, -0.2) is 0 Å². The van der Waals surface area contributed by atoms with Gasteiger partial charge in [0, 0.05) is 50.7 Å². The standard InChI is InChI=1S/C24H35N3O4/c1-4-19(5-2)27(24(28)23-16-25-11-14-31-23)17-18-15-22(30-13-8-12-29-3)20-9-6-7-10-21(20)26-18/h6-7,9-10,15,19,23,25H,4-5,8,11-14,16-17H2,1-3H3/t23-/m1/s1. The largest absolute Gasteiger partial charge is 0.493 e. The van der Waals surface area contributed by atoms with Gasteiger partial charge in [0.1, 0.15) is 11.9 Å². The molecule has 7 nitrogen and oxygen atoms in total. The second-order valence-electron chi connectivity index (χ2n) is 7.82. The number of hydrogen-bond acceptors (Lipinski definition) is 6. The molecule has 2 aromatic rings. The van der Waals surface area contributed by atoms with Crippen molar-refractivity contribution in [1.82, 2.24) is 15.2 Å². The van der Waals surface area contributed by atoms with Crippen molar-refractivity contribution >= 4 is 16.8 Å². The van der Waals surface area contributed by atoms with Crippen LogP contribution >= 0.6 is 0 Å². The third-order valence-corrected chi connectivity index (χ3v) is 5.68. The quantitative estimate of drug-likeness (QED) is 0.553. The molecular weight excluding hydrogens is 394 g/mol. The van der Waals surface area contributed by atoms with Crippen LogP contribution < -0.4 is 10.1 Å². The van der Waals surface area contributed by atoms with Crippen LogP contribution in [0.4, 0.5) is 0 Å². The minimum Gasteiger partial charge on any atom is -0.493 e. The van der Waals surface area contributed by atoms with Crippen LogP contribution in [0.1, 0.15) is 38.8 Å². The smallest absolute Gasteiger partial charge is 0.253 e. The maximum atomic E-state index is 13.3. The number of amides is 1. The third-order valence-electron chi connectivity index (χ3n) is 5.68. The Hall–Kier alpha value is -2.22. The number of ether oxygens (including phenoxy) is 3. The van der Waals surface area contributed by atoms with Crippen molar-refractivity contribution in [2.24, 2.45) is 0 Å². The molecule has 170 valence electrons. The van der Waals surface area contributed by atoms with E-state index in [2.05, 4.69) is 19.2 Å². The lowest BCUT2D eigenvalue weighted by molar-refractivity contribution is -0.148. The van der Waals surface area contributed by atoms with E-state index in [9.17, 15) is 4.79 Å². The van der Waals surface area contributed by atoms with Crippen molar-refractivity contribution in [3.8, 4) is 5.75 Å². The maximum absolute atomic E-state index is 13.3. The molecule has 0 bridgehead atoms. The zero-order valence-electron chi connectivity index (χ0n) is 18.9. The lowest BCUT2D eigenvalue weighted by Gasteiger charge is -2.34. The average Bonchev–Trinajstić information content (AvgIpc) is 2.82. The fourth-order valence-corrected chi connectivity index (χ4v) is 3.98. The van der Waals surface area contributed by atoms with Gasteiger partial charge in [-0.15, -0.1) is 0 Å². The number of fused-ring (bicyclic) bond motifs is 1. The van der Waals surface area contributed by atoms with Crippen molar-refractivity contribution < 1.29 is 19.0 Å². The molecule has 1 atom stereocenters. The van der Waals surface area contributed by atoms with E-state index in [0.29, 0.717) is 32.9 Å². The molecule has 31 heavy (non-hydrogen) atoms. The summed E-state index contributed by atoms with van der Waals surface area (Å²) < 4.78 is 17.0. The molecule has 7 heteroatoms. The van der Waals surface area contributed by atoms with Crippen molar-refractivity contribution in [2.45, 2.75) is 51.8 Å². The summed E-state index contributed by atoms with van der Waals surface area (Å²) in [5, 5.41) is 4.23. The number of rotatable bonds is 11. The van der Waals surface area contributed by atoms with E-state index in [-0.39, 0.29) is 11.9 Å². The molecule has 0 saturated carbocycles. The highest BCUT2D eigenvalue weighted by Crippen LogP contribution is 2.27. The lowest BCUT2D eigenvalue weighted by Crippen LogP contribution is -2.51. The molecule has 1 saturated heterocycles. The third kappa shape index (κ3) is 6.15. The summed E-state index contributed by atoms with van der Waals surface area (Å²) in [7, 11) is 1.69. The zero-order valence-corrected chi connectivity index (χ0v) is 18.9. The minimum absolute atomic E-state index is 0.0263. The molecule has 0 radical (unpaired) electrons. The van der Waals surface area contributed by atoms with Crippen LogP contribution in [-0.2, 0) is 20.8 Å². The van der Waals surface area contributed by atoms with Crippen molar-refractivity contribution in [2.75, 3.05) is 40.0 Å². The Morgan fingerprint density at radius 2 is 2.10 bits per heavy atom. The summed E-state index contributed by atoms with van der Waals surface area (Å²) in [6, 6.07) is 10.1. The number of morpholine rings is 1. The van der Waals surface area contributed by atoms with E-state index in [0.717, 1.165) is 48.2 Å². The van der Waals surface area contributed by atoms with Crippen LogP contribution in [-0.4, -0.2) is 68.0 Å². The molecule has 0 spiro atoms. The Bertz CT molecular complexity index is 835. The number of methoxy groups -OCH3 is 1. The molecule has 1 aliphatic heterocycles. The summed E-state index contributed by atoms with van der Waals surface area (Å²) >= 11 is 0. The average molecular weight is 430 g/mol. The van der Waals surface area contributed by atoms with Gasteiger partial charge < -0.3 is 24.4 Å². The predicted octanol–water partition coefficient (Wildman–Crippen LogP) is 3.16. The van der Waals surface area contributed by atoms with E-state index in [1.807, 2.05) is 35.2 Å². The number of hydrogen-bond donors (Lipinski definition) is 1. The van der Waals surface area contributed by atoms with Crippen LogP contribution in [0.25, 0.3) is 10.9 Å². The Morgan fingerprint density at radius 1 is 1.29 bits per heavy atom. The maximum Gasteiger partial charge on any atom is 0.253 e. The van der Waals surface area contributed by atoms with Crippen molar-refractivity contribution in [1.29, 1.82) is 0 Å². The van der Waals surface area contributed by atoms with Gasteiger partial charge in [-0.1, -0.05) is 26.0 Å². The summed E-state index contributed by atoms with van der Waals surface area (Å²) in [4.78, 5) is 20.1. The Kier molecular flexibility index (Phi) is 9.06. The lowest BCUT2D eigenvalue weighted by atomic mass is 10.1. The fourth-order valence-electron chi connectivity index (χ4n) is 3.98. The van der Waals surface area contributed by atoms with Crippen LogP contribution in [0.5, 0.6) is 5.75 Å². The van der Waals surface area contributed by atoms with Gasteiger partial charge in [-0.05, 0) is 25.0 Å². The summed E-state index contributed by atoms with van der Waals surface area (Å²) in [5.41, 5.74) is 1.69. The van der Waals surface area contributed by atoms with Gasteiger partial charge >= 0.3 is 0 Å². The zero-order chi connectivity index (χ0) is 22.1. The van der Waals surface area contributed by atoms with Gasteiger partial charge in [0.15, 0.2) is 0 Å². The summed E-state index contributed by atoms with van der Waals surface area (Å²) in [5.74, 6) is 0.822. The first-order valence-corrected chi connectivity index (χ1v) is 11.3. The molecule has 1 fully saturated rings. The normalized spacial score (nSPS) is 16.6. The Balaban J connectivity index is 1.86. The van der Waals surface area contributed by atoms with Gasteiger partial charge in [-0.3, -0.25) is 9.78 Å². The van der Waals surface area contributed by atoms with Gasteiger partial charge in [0.05, 0.1) is 31.0 Å². The first-order valence-electron chi connectivity index (χ1n) is 11.3. The van der Waals surface area contributed by atoms with Crippen LogP contribution in [0.15, 0.2) is 30.3 Å². The monoisotopic (exact) mass is 429 g/mol. The molecular formula is C24H35N3O4. The molecule has 0 unspecified atom stereocenters. The van der Waals surface area contributed by atoms with E-state index >= 15 is 0 Å². The minimum atomic E-state index is -0.445. The van der Waals surface area contributed by atoms with Crippen molar-refractivity contribution in [3.63, 3.8) is 0 Å². The SMILES string of the molecule is CCC(CC)N(Cc1cc(OCCCOC)c2ccccc2n1)C(=O)[C@H]1CNCCO1. The Labute approximate surface area is 185 Å². The van der Waals surface area contributed by atoms with Crippen LogP contribution in [0.3, 0.4) is 0 Å². The molecule has 3 rings (SSSR count). The first kappa shape index (κ1) is 23.4. The number of para-hydroxylation sites is 1. The molecule has 2 heterocycles. The van der Waals surface area contributed by atoms with Crippen LogP contribution in [0, 0.1) is 0 Å². The molecule has 1 aromatic carbocycles. The highest BCUT2D eigenvalue weighted by molar-refractivity contribution is 5.85. The van der Waals surface area contributed by atoms with Crippen LogP contribution in [0.2, 0.25) is 0 Å². The van der Waals surface area contributed by atoms with Crippen molar-refractivity contribution in [3.05, 3.63) is 36.0 Å². The van der Waals surface area contributed by atoms with Gasteiger partial charge in [0.25, 0.3) is 5.91 Å². The number of aromatic nitrogens is 1. The number of nitrogens with zero attached hydrogens (tertiary/aromatic N) is 2. The van der Waals surface area contributed by atoms with E-state index < -0.39 is 6.10 Å². The number of carbonyl (C=O) groups is 1. The first-order chi connectivity index (χ1) is 15.2. The van der Waals surface area contributed by atoms with Gasteiger partial charge in [0.2, 0.25) is 0 Å². The number of carbonyl (C=O) groups excluding carboxylic acids is 1. The second-order valence-corrected chi connectivity index (χ2v) is 7.82. The number of nitrogens with one attached hydrogen (secondary N) is 1.